The van der Waals surface area contributed by atoms with Crippen molar-refractivity contribution < 1.29 is 17.3 Å². The molecule has 6 nitrogen and oxygen atoms in total. The Kier molecular flexibility index (Phi) is 7.00. The van der Waals surface area contributed by atoms with Crippen LogP contribution in [0.1, 0.15) is 12.5 Å². The highest BCUT2D eigenvalue weighted by molar-refractivity contribution is 7.94. The molecule has 1 aromatic heterocycles. The van der Waals surface area contributed by atoms with Crippen molar-refractivity contribution in [3.8, 4) is 5.75 Å². The van der Waals surface area contributed by atoms with E-state index in [1.165, 1.54) is 17.6 Å². The van der Waals surface area contributed by atoms with Crippen LogP contribution in [-0.2, 0) is 20.6 Å². The summed E-state index contributed by atoms with van der Waals surface area (Å²) in [5, 5.41) is 6.61. The van der Waals surface area contributed by atoms with Gasteiger partial charge in [0, 0.05) is 34.3 Å². The van der Waals surface area contributed by atoms with Gasteiger partial charge in [0.1, 0.15) is 12.4 Å². The van der Waals surface area contributed by atoms with Crippen LogP contribution in [0.5, 0.6) is 5.75 Å². The minimum absolute atomic E-state index is 0.0346. The van der Waals surface area contributed by atoms with Gasteiger partial charge < -0.3 is 8.92 Å². The highest BCUT2D eigenvalue weighted by Crippen LogP contribution is 2.33. The normalized spacial score (nSPS) is 11.8. The smallest absolute Gasteiger partial charge is 0.226 e. The second-order valence-electron chi connectivity index (χ2n) is 8.35. The molecule has 0 aliphatic rings. The largest absolute Gasteiger partial charge is 0.491 e. The Morgan fingerprint density at radius 1 is 0.889 bits per heavy atom. The van der Waals surface area contributed by atoms with Crippen molar-refractivity contribution in [3.63, 3.8) is 0 Å². The van der Waals surface area contributed by atoms with Gasteiger partial charge in [-0.1, -0.05) is 54.1 Å². The summed E-state index contributed by atoms with van der Waals surface area (Å²) in [4.78, 5) is 1.27. The molecule has 36 heavy (non-hydrogen) atoms. The summed E-state index contributed by atoms with van der Waals surface area (Å²) in [6.07, 6.45) is 0. The summed E-state index contributed by atoms with van der Waals surface area (Å²) in [5.41, 5.74) is 1.95. The first-order valence-electron chi connectivity index (χ1n) is 11.7. The Morgan fingerprint density at radius 3 is 2.47 bits per heavy atom. The molecule has 1 heterocycles. The Hall–Kier alpha value is -3.33. The van der Waals surface area contributed by atoms with Gasteiger partial charge in [-0.3, -0.25) is 4.68 Å². The second-order valence-corrected chi connectivity index (χ2v) is 11.1. The number of benzene rings is 4. The van der Waals surface area contributed by atoms with E-state index in [9.17, 15) is 8.42 Å². The van der Waals surface area contributed by atoms with E-state index in [0.717, 1.165) is 15.8 Å². The summed E-state index contributed by atoms with van der Waals surface area (Å²) in [5.74, 6) is 0.566. The van der Waals surface area contributed by atoms with Gasteiger partial charge in [-0.25, -0.2) is 8.42 Å². The molecule has 0 bridgehead atoms. The zero-order valence-electron chi connectivity index (χ0n) is 20.0. The Labute approximate surface area is 215 Å². The molecule has 0 amide bonds. The molecule has 0 fully saturated rings. The van der Waals surface area contributed by atoms with Crippen LogP contribution in [0.15, 0.2) is 99.7 Å². The van der Waals surface area contributed by atoms with E-state index in [1.54, 1.807) is 22.9 Å². The predicted molar refractivity (Wildman–Crippen MR) is 143 cm³/mol. The Bertz CT molecular complexity index is 1620. The molecule has 5 rings (SSSR count). The topological polar surface area (TPSA) is 70.4 Å². The van der Waals surface area contributed by atoms with E-state index < -0.39 is 9.84 Å². The molecule has 184 valence electrons. The van der Waals surface area contributed by atoms with E-state index >= 15 is 0 Å². The average molecular weight is 519 g/mol. The molecule has 0 aliphatic carbocycles. The van der Waals surface area contributed by atoms with E-state index in [0.29, 0.717) is 36.3 Å². The van der Waals surface area contributed by atoms with Crippen LogP contribution in [0.3, 0.4) is 0 Å². The Balaban J connectivity index is 1.39. The fourth-order valence-electron chi connectivity index (χ4n) is 4.09. The minimum atomic E-state index is -3.88. The lowest BCUT2D eigenvalue weighted by atomic mass is 10.1. The van der Waals surface area contributed by atoms with Crippen LogP contribution in [-0.4, -0.2) is 31.4 Å². The SMILES string of the molecule is CCn1nc(S(=O)(=O)c2cccc3ccccc23)c2cc(OCCOSc3ccc(C)cc3)ccc21. The van der Waals surface area contributed by atoms with Crippen molar-refractivity contribution in [1.82, 2.24) is 9.78 Å². The lowest BCUT2D eigenvalue weighted by Crippen LogP contribution is -2.06. The van der Waals surface area contributed by atoms with Gasteiger partial charge in [0.2, 0.25) is 9.84 Å². The van der Waals surface area contributed by atoms with Crippen molar-refractivity contribution in [3.05, 3.63) is 90.5 Å². The van der Waals surface area contributed by atoms with Gasteiger partial charge in [-0.2, -0.15) is 5.10 Å². The van der Waals surface area contributed by atoms with E-state index in [-0.39, 0.29) is 9.92 Å². The van der Waals surface area contributed by atoms with Gasteiger partial charge in [0.15, 0.2) is 5.03 Å². The number of ether oxygens (including phenoxy) is 1. The first-order chi connectivity index (χ1) is 17.5. The molecule has 0 N–H and O–H groups in total. The zero-order chi connectivity index (χ0) is 25.1. The van der Waals surface area contributed by atoms with Crippen LogP contribution in [0.25, 0.3) is 21.7 Å². The molecule has 0 saturated heterocycles. The standard InChI is InChI=1S/C28H26N2O4S2/c1-3-30-26-16-13-22(33-17-18-34-35-23-14-11-20(2)12-15-23)19-25(26)28(29-30)36(31,32)27-10-6-8-21-7-4-5-9-24(21)27/h4-16,19H,3,17-18H2,1-2H3. The molecule has 5 aromatic rings. The average Bonchev–Trinajstić information content (AvgIpc) is 3.28. The molecule has 0 atom stereocenters. The first kappa shape index (κ1) is 24.4. The van der Waals surface area contributed by atoms with E-state index in [1.807, 2.05) is 80.6 Å². The number of rotatable bonds is 9. The predicted octanol–water partition coefficient (Wildman–Crippen LogP) is 6.45. The van der Waals surface area contributed by atoms with Crippen LogP contribution in [0, 0.1) is 6.92 Å². The van der Waals surface area contributed by atoms with Gasteiger partial charge in [-0.05, 0) is 55.6 Å². The van der Waals surface area contributed by atoms with Crippen LogP contribution in [0.4, 0.5) is 0 Å². The third-order valence-corrected chi connectivity index (χ3v) is 8.39. The molecular formula is C28H26N2O4S2. The number of hydrogen-bond acceptors (Lipinski definition) is 6. The number of nitrogens with zero attached hydrogens (tertiary/aromatic N) is 2. The monoisotopic (exact) mass is 518 g/mol. The third-order valence-electron chi connectivity index (χ3n) is 5.89. The fraction of sp³-hybridized carbons (Fsp3) is 0.179. The van der Waals surface area contributed by atoms with Crippen molar-refractivity contribution in [1.29, 1.82) is 0 Å². The number of aryl methyl sites for hydroxylation is 2. The number of fused-ring (bicyclic) bond motifs is 2. The second kappa shape index (κ2) is 10.3. The molecule has 0 unspecified atom stereocenters. The molecular weight excluding hydrogens is 492 g/mol. The van der Waals surface area contributed by atoms with Gasteiger partial charge in [0.05, 0.1) is 17.0 Å². The lowest BCUT2D eigenvalue weighted by Gasteiger charge is -2.08. The molecule has 0 radical (unpaired) electrons. The van der Waals surface area contributed by atoms with E-state index in [2.05, 4.69) is 5.10 Å². The summed E-state index contributed by atoms with van der Waals surface area (Å²) in [7, 11) is -3.88. The highest BCUT2D eigenvalue weighted by Gasteiger charge is 2.27. The minimum Gasteiger partial charge on any atom is -0.491 e. The Morgan fingerprint density at radius 2 is 1.67 bits per heavy atom. The molecule has 4 aromatic carbocycles. The molecule has 0 aliphatic heterocycles. The summed E-state index contributed by atoms with van der Waals surface area (Å²) >= 11 is 1.30. The quantitative estimate of drug-likeness (QED) is 0.165. The number of sulfone groups is 1. The lowest BCUT2D eigenvalue weighted by molar-refractivity contribution is 0.239. The van der Waals surface area contributed by atoms with E-state index in [4.69, 9.17) is 8.92 Å². The fourth-order valence-corrected chi connectivity index (χ4v) is 6.22. The zero-order valence-corrected chi connectivity index (χ0v) is 21.7. The first-order valence-corrected chi connectivity index (χ1v) is 13.9. The highest BCUT2D eigenvalue weighted by atomic mass is 32.2. The summed E-state index contributed by atoms with van der Waals surface area (Å²) in [6.45, 7) is 5.24. The number of aromatic nitrogens is 2. The summed E-state index contributed by atoms with van der Waals surface area (Å²) < 4.78 is 40.9. The summed E-state index contributed by atoms with van der Waals surface area (Å²) in [6, 6.07) is 26.3. The number of hydrogen-bond donors (Lipinski definition) is 0. The van der Waals surface area contributed by atoms with Crippen LogP contribution in [0.2, 0.25) is 0 Å². The van der Waals surface area contributed by atoms with Crippen molar-refractivity contribution in [2.45, 2.75) is 35.2 Å². The van der Waals surface area contributed by atoms with Crippen molar-refractivity contribution >= 4 is 43.6 Å². The third kappa shape index (κ3) is 4.84. The van der Waals surface area contributed by atoms with Crippen LogP contribution >= 0.6 is 12.0 Å². The molecule has 0 spiro atoms. The maximum absolute atomic E-state index is 13.8. The van der Waals surface area contributed by atoms with Gasteiger partial charge in [-0.15, -0.1) is 0 Å². The van der Waals surface area contributed by atoms with Gasteiger partial charge >= 0.3 is 0 Å². The molecule has 0 saturated carbocycles. The molecule has 8 heteroatoms. The maximum Gasteiger partial charge on any atom is 0.226 e. The van der Waals surface area contributed by atoms with Crippen molar-refractivity contribution in [2.24, 2.45) is 0 Å². The van der Waals surface area contributed by atoms with Gasteiger partial charge in [0.25, 0.3) is 0 Å². The van der Waals surface area contributed by atoms with Crippen LogP contribution < -0.4 is 4.74 Å². The maximum atomic E-state index is 13.8. The van der Waals surface area contributed by atoms with Crippen molar-refractivity contribution in [2.75, 3.05) is 13.2 Å².